The Morgan fingerprint density at radius 2 is 2.50 bits per heavy atom. The maximum atomic E-state index is 4.00. The lowest BCUT2D eigenvalue weighted by atomic mass is 10.6. The molecule has 0 saturated carbocycles. The SMILES string of the molecule is C=Cc1ncc(P)n1N=C. The number of rotatable bonds is 2. The van der Waals surface area contributed by atoms with Crippen molar-refractivity contribution in [1.82, 2.24) is 9.66 Å². The molecule has 1 aromatic rings. The Hall–Kier alpha value is -0.950. The standard InChI is InChI=1S/C6H8N3P/c1-3-5-8-4-6(10)9(5)7-2/h3-4H,1-2,10H2. The van der Waals surface area contributed by atoms with E-state index in [-0.39, 0.29) is 0 Å². The molecule has 4 heteroatoms. The van der Waals surface area contributed by atoms with Crippen molar-refractivity contribution in [3.8, 4) is 0 Å². The molecular formula is C6H8N3P. The fourth-order valence-corrected chi connectivity index (χ4v) is 0.956. The molecule has 0 aromatic carbocycles. The average molecular weight is 153 g/mol. The molecule has 0 radical (unpaired) electrons. The third-order valence-corrected chi connectivity index (χ3v) is 1.51. The highest BCUT2D eigenvalue weighted by Gasteiger charge is 1.98. The van der Waals surface area contributed by atoms with Crippen molar-refractivity contribution in [3.05, 3.63) is 18.6 Å². The lowest BCUT2D eigenvalue weighted by Gasteiger charge is -1.95. The third-order valence-electron chi connectivity index (χ3n) is 1.11. The van der Waals surface area contributed by atoms with Gasteiger partial charge in [0.15, 0.2) is 5.82 Å². The molecule has 3 nitrogen and oxygen atoms in total. The second kappa shape index (κ2) is 2.76. The highest BCUT2D eigenvalue weighted by molar-refractivity contribution is 7.27. The second-order valence-electron chi connectivity index (χ2n) is 1.70. The Bertz CT molecular complexity index is 264. The minimum absolute atomic E-state index is 0.708. The van der Waals surface area contributed by atoms with E-state index in [0.717, 1.165) is 5.44 Å². The van der Waals surface area contributed by atoms with Crippen LogP contribution in [-0.2, 0) is 0 Å². The molecule has 0 amide bonds. The number of aromatic nitrogens is 2. The summed E-state index contributed by atoms with van der Waals surface area (Å²) in [6, 6.07) is 0. The molecule has 1 aromatic heterocycles. The molecule has 0 spiro atoms. The molecule has 10 heavy (non-hydrogen) atoms. The minimum atomic E-state index is 0.708. The largest absolute Gasteiger partial charge is 0.235 e. The van der Waals surface area contributed by atoms with Crippen LogP contribution in [0, 0.1) is 0 Å². The van der Waals surface area contributed by atoms with Crippen LogP contribution in [0.15, 0.2) is 17.9 Å². The van der Waals surface area contributed by atoms with Crippen LogP contribution in [0.2, 0.25) is 0 Å². The van der Waals surface area contributed by atoms with E-state index < -0.39 is 0 Å². The summed E-state index contributed by atoms with van der Waals surface area (Å²) in [7, 11) is 2.50. The normalized spacial score (nSPS) is 9.30. The Balaban J connectivity index is 3.25. The number of nitrogens with zero attached hydrogens (tertiary/aromatic N) is 3. The summed E-state index contributed by atoms with van der Waals surface area (Å²) >= 11 is 0. The van der Waals surface area contributed by atoms with Gasteiger partial charge in [-0.15, -0.1) is 0 Å². The summed E-state index contributed by atoms with van der Waals surface area (Å²) in [4.78, 5) is 4.00. The van der Waals surface area contributed by atoms with Gasteiger partial charge in [-0.25, -0.2) is 9.66 Å². The second-order valence-corrected chi connectivity index (χ2v) is 2.29. The maximum absolute atomic E-state index is 4.00. The monoisotopic (exact) mass is 153 g/mol. The van der Waals surface area contributed by atoms with E-state index in [1.54, 1.807) is 16.9 Å². The lowest BCUT2D eigenvalue weighted by molar-refractivity contribution is 0.897. The quantitative estimate of drug-likeness (QED) is 0.449. The lowest BCUT2D eigenvalue weighted by Crippen LogP contribution is -2.04. The van der Waals surface area contributed by atoms with E-state index in [9.17, 15) is 0 Å². The fourth-order valence-electron chi connectivity index (χ4n) is 0.667. The van der Waals surface area contributed by atoms with Gasteiger partial charge in [0.2, 0.25) is 0 Å². The molecule has 0 N–H and O–H groups in total. The third kappa shape index (κ3) is 1.00. The number of imidazole rings is 1. The van der Waals surface area contributed by atoms with Crippen LogP contribution in [0.5, 0.6) is 0 Å². The topological polar surface area (TPSA) is 30.2 Å². The van der Waals surface area contributed by atoms with Crippen molar-refractivity contribution >= 4 is 27.5 Å². The summed E-state index contributed by atoms with van der Waals surface area (Å²) in [6.07, 6.45) is 3.32. The molecule has 0 aliphatic carbocycles. The smallest absolute Gasteiger partial charge is 0.153 e. The van der Waals surface area contributed by atoms with E-state index in [2.05, 4.69) is 32.6 Å². The van der Waals surface area contributed by atoms with Crippen molar-refractivity contribution in [2.24, 2.45) is 5.10 Å². The van der Waals surface area contributed by atoms with Gasteiger partial charge in [0.1, 0.15) is 0 Å². The van der Waals surface area contributed by atoms with E-state index in [0.29, 0.717) is 5.82 Å². The Morgan fingerprint density at radius 1 is 1.80 bits per heavy atom. The first-order valence-corrected chi connectivity index (χ1v) is 3.30. The van der Waals surface area contributed by atoms with Gasteiger partial charge in [-0.05, 0) is 6.08 Å². The van der Waals surface area contributed by atoms with Gasteiger partial charge in [0, 0.05) is 6.72 Å². The summed E-state index contributed by atoms with van der Waals surface area (Å²) in [5.74, 6) is 0.708. The molecule has 0 aliphatic rings. The zero-order valence-corrected chi connectivity index (χ0v) is 6.64. The maximum Gasteiger partial charge on any atom is 0.153 e. The Kier molecular flexibility index (Phi) is 1.97. The molecular weight excluding hydrogens is 145 g/mol. The van der Waals surface area contributed by atoms with E-state index in [1.807, 2.05) is 0 Å². The van der Waals surface area contributed by atoms with Crippen molar-refractivity contribution in [3.63, 3.8) is 0 Å². The number of hydrogen-bond acceptors (Lipinski definition) is 2. The molecule has 0 aliphatic heterocycles. The average Bonchev–Trinajstić information content (AvgIpc) is 2.30. The molecule has 0 fully saturated rings. The van der Waals surface area contributed by atoms with E-state index >= 15 is 0 Å². The Labute approximate surface area is 61.7 Å². The van der Waals surface area contributed by atoms with Crippen molar-refractivity contribution in [2.45, 2.75) is 0 Å². The fraction of sp³-hybridized carbons (Fsp3) is 0. The molecule has 1 heterocycles. The Morgan fingerprint density at radius 3 is 2.90 bits per heavy atom. The molecule has 1 rings (SSSR count). The van der Waals surface area contributed by atoms with Gasteiger partial charge in [-0.3, -0.25) is 0 Å². The van der Waals surface area contributed by atoms with Gasteiger partial charge in [0.05, 0.1) is 11.6 Å². The van der Waals surface area contributed by atoms with Crippen LogP contribution in [0.1, 0.15) is 5.82 Å². The zero-order chi connectivity index (χ0) is 7.56. The first-order valence-electron chi connectivity index (χ1n) is 2.72. The molecule has 1 unspecified atom stereocenters. The zero-order valence-electron chi connectivity index (χ0n) is 5.49. The highest BCUT2D eigenvalue weighted by atomic mass is 31.0. The number of hydrogen-bond donors (Lipinski definition) is 0. The van der Waals surface area contributed by atoms with Crippen LogP contribution in [-0.4, -0.2) is 16.4 Å². The van der Waals surface area contributed by atoms with Crippen molar-refractivity contribution < 1.29 is 0 Å². The minimum Gasteiger partial charge on any atom is -0.235 e. The first-order chi connectivity index (χ1) is 4.79. The van der Waals surface area contributed by atoms with Gasteiger partial charge in [-0.1, -0.05) is 15.8 Å². The summed E-state index contributed by atoms with van der Waals surface area (Å²) < 4.78 is 1.59. The van der Waals surface area contributed by atoms with Crippen LogP contribution >= 0.6 is 9.24 Å². The highest BCUT2D eigenvalue weighted by Crippen LogP contribution is 1.98. The van der Waals surface area contributed by atoms with Crippen LogP contribution in [0.4, 0.5) is 0 Å². The predicted octanol–water partition coefficient (Wildman–Crippen LogP) is 0.490. The van der Waals surface area contributed by atoms with Gasteiger partial charge in [-0.2, -0.15) is 5.10 Å². The summed E-state index contributed by atoms with van der Waals surface area (Å²) in [5.41, 5.74) is 0.880. The summed E-state index contributed by atoms with van der Waals surface area (Å²) in [6.45, 7) is 6.96. The van der Waals surface area contributed by atoms with Crippen LogP contribution in [0.3, 0.4) is 0 Å². The van der Waals surface area contributed by atoms with Gasteiger partial charge < -0.3 is 0 Å². The van der Waals surface area contributed by atoms with Crippen molar-refractivity contribution in [1.29, 1.82) is 0 Å². The molecule has 1 atom stereocenters. The van der Waals surface area contributed by atoms with E-state index in [4.69, 9.17) is 0 Å². The molecule has 0 saturated heterocycles. The van der Waals surface area contributed by atoms with Crippen LogP contribution in [0.25, 0.3) is 6.08 Å². The molecule has 52 valence electrons. The van der Waals surface area contributed by atoms with E-state index in [1.165, 1.54) is 0 Å². The van der Waals surface area contributed by atoms with Gasteiger partial charge >= 0.3 is 0 Å². The molecule has 0 bridgehead atoms. The first kappa shape index (κ1) is 7.16. The van der Waals surface area contributed by atoms with Crippen LogP contribution < -0.4 is 5.44 Å². The van der Waals surface area contributed by atoms with Gasteiger partial charge in [0.25, 0.3) is 0 Å². The summed E-state index contributed by atoms with van der Waals surface area (Å²) in [5, 5.41) is 3.71. The predicted molar refractivity (Wildman–Crippen MR) is 46.6 cm³/mol. The van der Waals surface area contributed by atoms with Crippen molar-refractivity contribution in [2.75, 3.05) is 0 Å².